The molecule has 0 bridgehead atoms. The van der Waals surface area contributed by atoms with Crippen molar-refractivity contribution in [3.8, 4) is 0 Å². The van der Waals surface area contributed by atoms with Gasteiger partial charge in [0.05, 0.1) is 23.7 Å². The first-order valence-electron chi connectivity index (χ1n) is 14.3. The number of anilines is 1. The molecule has 42 heavy (non-hydrogen) atoms. The highest BCUT2D eigenvalue weighted by Crippen LogP contribution is 2.38. The zero-order valence-corrected chi connectivity index (χ0v) is 24.5. The number of hydrogen-bond donors (Lipinski definition) is 2. The van der Waals surface area contributed by atoms with Gasteiger partial charge in [-0.3, -0.25) is 9.59 Å². The predicted molar refractivity (Wildman–Crippen MR) is 151 cm³/mol. The van der Waals surface area contributed by atoms with Gasteiger partial charge >= 0.3 is 12.2 Å². The third-order valence-electron chi connectivity index (χ3n) is 8.10. The summed E-state index contributed by atoms with van der Waals surface area (Å²) in [5.41, 5.74) is 5.66. The molecule has 1 aliphatic carbocycles. The van der Waals surface area contributed by atoms with E-state index in [0.29, 0.717) is 49.9 Å². The maximum atomic E-state index is 13.3. The number of hydrogen-bond acceptors (Lipinski definition) is 5. The zero-order chi connectivity index (χ0) is 30.5. The summed E-state index contributed by atoms with van der Waals surface area (Å²) in [7, 11) is -3.71. The van der Waals surface area contributed by atoms with Crippen molar-refractivity contribution in [1.29, 1.82) is 0 Å². The molecule has 2 fully saturated rings. The van der Waals surface area contributed by atoms with Gasteiger partial charge in [0, 0.05) is 31.8 Å². The Kier molecular flexibility index (Phi) is 10.2. The normalized spacial score (nSPS) is 23.3. The van der Waals surface area contributed by atoms with Crippen molar-refractivity contribution in [2.24, 2.45) is 11.8 Å². The molecular formula is C29H37F3N4O5S. The van der Waals surface area contributed by atoms with E-state index in [4.69, 9.17) is 0 Å². The van der Waals surface area contributed by atoms with Crippen LogP contribution in [0.15, 0.2) is 35.7 Å². The van der Waals surface area contributed by atoms with Crippen LogP contribution in [0.5, 0.6) is 0 Å². The second kappa shape index (κ2) is 13.4. The Bertz CT molecular complexity index is 1350. The average Bonchev–Trinajstić information content (AvgIpc) is 3.23. The monoisotopic (exact) mass is 610 g/mol. The topological polar surface area (TPSA) is 116 Å². The molecular weight excluding hydrogens is 573 g/mol. The Morgan fingerprint density at radius 2 is 1.81 bits per heavy atom. The number of amides is 4. The summed E-state index contributed by atoms with van der Waals surface area (Å²) in [4.78, 5) is 37.8. The van der Waals surface area contributed by atoms with E-state index in [1.807, 2.05) is 0 Å². The third-order valence-corrected chi connectivity index (χ3v) is 9.97. The molecule has 230 valence electrons. The van der Waals surface area contributed by atoms with Crippen molar-refractivity contribution in [2.75, 3.05) is 30.3 Å². The van der Waals surface area contributed by atoms with Gasteiger partial charge in [-0.2, -0.15) is 13.2 Å². The molecule has 2 heterocycles. The highest BCUT2D eigenvalue weighted by molar-refractivity contribution is 7.89. The smallest absolute Gasteiger partial charge is 0.328 e. The first-order valence-corrected chi connectivity index (χ1v) is 15.9. The fourth-order valence-corrected chi connectivity index (χ4v) is 7.28. The van der Waals surface area contributed by atoms with Gasteiger partial charge in [0.15, 0.2) is 0 Å². The van der Waals surface area contributed by atoms with Crippen molar-refractivity contribution in [3.05, 3.63) is 46.8 Å². The minimum absolute atomic E-state index is 0.0177. The number of imide groups is 1. The molecule has 0 spiro atoms. The van der Waals surface area contributed by atoms with Crippen molar-refractivity contribution in [3.63, 3.8) is 0 Å². The van der Waals surface area contributed by atoms with Gasteiger partial charge in [-0.1, -0.05) is 6.07 Å². The van der Waals surface area contributed by atoms with Crippen LogP contribution in [0.25, 0.3) is 0 Å². The van der Waals surface area contributed by atoms with Gasteiger partial charge in [-0.15, -0.1) is 5.73 Å². The van der Waals surface area contributed by atoms with Gasteiger partial charge in [0.25, 0.3) is 5.91 Å². The quantitative estimate of drug-likeness (QED) is 0.353. The van der Waals surface area contributed by atoms with Crippen molar-refractivity contribution >= 4 is 33.6 Å². The number of sulfonamides is 1. The second-order valence-electron chi connectivity index (χ2n) is 11.2. The summed E-state index contributed by atoms with van der Waals surface area (Å²) in [6.45, 7) is 1.99. The fraction of sp³-hybridized carbons (Fsp3) is 0.586. The third kappa shape index (κ3) is 8.45. The molecule has 2 N–H and O–H groups in total. The van der Waals surface area contributed by atoms with Gasteiger partial charge in [-0.25, -0.2) is 22.4 Å². The van der Waals surface area contributed by atoms with Crippen LogP contribution in [0.1, 0.15) is 62.5 Å². The standard InChI is InChI=1S/C29H37F3N4O5S/c1-20-17-24(36-27(38)19-33-28(36)39)11-10-22(20)13-16-42(40,41)35-14-4-2-3-5-25(34-26(37)12-15-35)23-8-6-21(7-9-23)18-29(30,31)32/h3,10-11,17,21,23H,2,4,6-9,12-16,18-19H2,1H3,(H,33,39)(H,34,37)/t5?,21-,23-. The number of aryl methyl sites for hydroxylation is 2. The molecule has 2 aliphatic heterocycles. The summed E-state index contributed by atoms with van der Waals surface area (Å²) in [6, 6.07) is 4.52. The first-order chi connectivity index (χ1) is 19.8. The number of alkyl halides is 3. The van der Waals surface area contributed by atoms with Gasteiger partial charge in [-0.05, 0) is 87.1 Å². The Balaban J connectivity index is 1.33. The molecule has 0 unspecified atom stereocenters. The van der Waals surface area contributed by atoms with Crippen molar-refractivity contribution in [2.45, 2.75) is 70.9 Å². The average molecular weight is 611 g/mol. The van der Waals surface area contributed by atoms with Gasteiger partial charge in [0.1, 0.15) is 0 Å². The molecule has 1 aromatic rings. The minimum Gasteiger partial charge on any atom is -0.328 e. The highest BCUT2D eigenvalue weighted by atomic mass is 32.2. The number of rotatable bonds is 7. The minimum atomic E-state index is -4.18. The van der Waals surface area contributed by atoms with E-state index in [2.05, 4.69) is 16.4 Å². The Labute approximate surface area is 244 Å². The van der Waals surface area contributed by atoms with Crippen LogP contribution in [0.3, 0.4) is 0 Å². The lowest BCUT2D eigenvalue weighted by Crippen LogP contribution is -2.38. The van der Waals surface area contributed by atoms with Crippen LogP contribution in [0.4, 0.5) is 23.7 Å². The van der Waals surface area contributed by atoms with E-state index >= 15 is 0 Å². The number of allylic oxidation sites excluding steroid dienone is 1. The molecule has 13 heteroatoms. The largest absolute Gasteiger partial charge is 0.389 e. The number of halogens is 3. The molecule has 1 saturated heterocycles. The molecule has 0 radical (unpaired) electrons. The van der Waals surface area contributed by atoms with E-state index < -0.39 is 34.6 Å². The summed E-state index contributed by atoms with van der Waals surface area (Å²) in [5, 5.41) is 5.32. The number of urea groups is 1. The lowest BCUT2D eigenvalue weighted by molar-refractivity contribution is -0.147. The summed E-state index contributed by atoms with van der Waals surface area (Å²) in [6.07, 6.45) is 0.00882. The lowest BCUT2D eigenvalue weighted by Gasteiger charge is -2.30. The molecule has 1 saturated carbocycles. The van der Waals surface area contributed by atoms with Crippen LogP contribution in [-0.4, -0.2) is 62.1 Å². The highest BCUT2D eigenvalue weighted by Gasteiger charge is 2.35. The lowest BCUT2D eigenvalue weighted by atomic mass is 9.79. The van der Waals surface area contributed by atoms with Crippen molar-refractivity contribution in [1.82, 2.24) is 14.9 Å². The number of nitrogens with zero attached hydrogens (tertiary/aromatic N) is 2. The molecule has 9 nitrogen and oxygen atoms in total. The van der Waals surface area contributed by atoms with E-state index in [9.17, 15) is 36.0 Å². The molecule has 0 atom stereocenters. The van der Waals surface area contributed by atoms with Crippen LogP contribution in [0.2, 0.25) is 0 Å². The molecule has 4 rings (SSSR count). The van der Waals surface area contributed by atoms with Crippen LogP contribution >= 0.6 is 0 Å². The van der Waals surface area contributed by atoms with Crippen molar-refractivity contribution < 1.29 is 36.0 Å². The van der Waals surface area contributed by atoms with E-state index in [-0.39, 0.29) is 56.0 Å². The van der Waals surface area contributed by atoms with Crippen LogP contribution in [0, 0.1) is 18.8 Å². The van der Waals surface area contributed by atoms with E-state index in [1.54, 1.807) is 31.2 Å². The Morgan fingerprint density at radius 3 is 2.45 bits per heavy atom. The maximum Gasteiger partial charge on any atom is 0.389 e. The van der Waals surface area contributed by atoms with Gasteiger partial charge in [0.2, 0.25) is 15.9 Å². The number of carbonyl (C=O) groups is 3. The Morgan fingerprint density at radius 1 is 1.07 bits per heavy atom. The number of benzene rings is 1. The molecule has 3 aliphatic rings. The second-order valence-corrected chi connectivity index (χ2v) is 13.3. The summed E-state index contributed by atoms with van der Waals surface area (Å²) >= 11 is 0. The number of nitrogens with one attached hydrogen (secondary N) is 2. The predicted octanol–water partition coefficient (Wildman–Crippen LogP) is 4.32. The molecule has 4 amide bonds. The van der Waals surface area contributed by atoms with Crippen LogP contribution in [-0.2, 0) is 26.0 Å². The fourth-order valence-electron chi connectivity index (χ4n) is 5.77. The SMILES string of the molecule is Cc1cc(N2C(=O)CNC2=O)ccc1CCS(=O)(=O)N1CCCC=C=C([C@H]2CC[C@H](CC(F)(F)F)CC2)NC(=O)CC1. The van der Waals surface area contributed by atoms with E-state index in [1.165, 1.54) is 4.31 Å². The zero-order valence-electron chi connectivity index (χ0n) is 23.6. The van der Waals surface area contributed by atoms with E-state index in [0.717, 1.165) is 16.0 Å². The summed E-state index contributed by atoms with van der Waals surface area (Å²) in [5.74, 6) is -1.36. The van der Waals surface area contributed by atoms with Crippen LogP contribution < -0.4 is 15.5 Å². The first kappa shape index (κ1) is 31.8. The molecule has 1 aromatic carbocycles. The summed E-state index contributed by atoms with van der Waals surface area (Å²) < 4.78 is 66.3. The maximum absolute atomic E-state index is 13.3. The van der Waals surface area contributed by atoms with Gasteiger partial charge < -0.3 is 10.6 Å². The molecule has 0 aromatic heterocycles. The Hall–Kier alpha value is -3.15. The number of carbonyl (C=O) groups excluding carboxylic acids is 3.